The van der Waals surface area contributed by atoms with Crippen molar-refractivity contribution in [1.82, 2.24) is 4.98 Å². The van der Waals surface area contributed by atoms with Crippen molar-refractivity contribution in [3.8, 4) is 5.75 Å². The highest BCUT2D eigenvalue weighted by Gasteiger charge is 2.21. The first-order valence-corrected chi connectivity index (χ1v) is 8.07. The summed E-state index contributed by atoms with van der Waals surface area (Å²) in [4.78, 5) is 4.04. The van der Waals surface area contributed by atoms with Gasteiger partial charge in [-0.2, -0.15) is 0 Å². The standard InChI is InChI=1S/C13H12Cl2N2O3S/c1-8-9(14)7-10(15)13(16-8)17-21(18,19)12-6-4-3-5-11(12)20-2/h3-7H,1-2H3,(H,16,17). The number of aromatic nitrogens is 1. The van der Waals surface area contributed by atoms with E-state index in [2.05, 4.69) is 9.71 Å². The fraction of sp³-hybridized carbons (Fsp3) is 0.154. The van der Waals surface area contributed by atoms with Crippen LogP contribution in [0.5, 0.6) is 5.75 Å². The van der Waals surface area contributed by atoms with Crippen molar-refractivity contribution < 1.29 is 13.2 Å². The van der Waals surface area contributed by atoms with Gasteiger partial charge in [0, 0.05) is 0 Å². The second-order valence-electron chi connectivity index (χ2n) is 4.14. The van der Waals surface area contributed by atoms with E-state index in [4.69, 9.17) is 27.9 Å². The lowest BCUT2D eigenvalue weighted by atomic mass is 10.3. The van der Waals surface area contributed by atoms with E-state index in [9.17, 15) is 8.42 Å². The molecule has 112 valence electrons. The highest BCUT2D eigenvalue weighted by Crippen LogP contribution is 2.29. The van der Waals surface area contributed by atoms with Gasteiger partial charge in [0.2, 0.25) is 0 Å². The zero-order valence-corrected chi connectivity index (χ0v) is 13.6. The van der Waals surface area contributed by atoms with Gasteiger partial charge in [-0.1, -0.05) is 35.3 Å². The van der Waals surface area contributed by atoms with E-state index in [1.54, 1.807) is 25.1 Å². The van der Waals surface area contributed by atoms with Crippen LogP contribution in [0.3, 0.4) is 0 Å². The van der Waals surface area contributed by atoms with E-state index in [0.29, 0.717) is 10.7 Å². The second kappa shape index (κ2) is 6.09. The number of hydrogen-bond acceptors (Lipinski definition) is 4. The number of pyridine rings is 1. The third-order valence-corrected chi connectivity index (χ3v) is 4.74. The first-order valence-electron chi connectivity index (χ1n) is 5.83. The van der Waals surface area contributed by atoms with Crippen molar-refractivity contribution in [1.29, 1.82) is 0 Å². The molecule has 0 saturated carbocycles. The van der Waals surface area contributed by atoms with Gasteiger partial charge >= 0.3 is 0 Å². The summed E-state index contributed by atoms with van der Waals surface area (Å²) in [5.74, 6) is 0.247. The minimum atomic E-state index is -3.87. The lowest BCUT2D eigenvalue weighted by Crippen LogP contribution is -2.15. The molecule has 0 amide bonds. The van der Waals surface area contributed by atoms with Crippen molar-refractivity contribution in [2.45, 2.75) is 11.8 Å². The van der Waals surface area contributed by atoms with Gasteiger partial charge in [0.05, 0.1) is 22.8 Å². The van der Waals surface area contributed by atoms with Crippen molar-refractivity contribution in [2.24, 2.45) is 0 Å². The molecule has 2 aromatic rings. The van der Waals surface area contributed by atoms with Crippen molar-refractivity contribution in [3.63, 3.8) is 0 Å². The van der Waals surface area contributed by atoms with Crippen LogP contribution in [0.1, 0.15) is 5.69 Å². The predicted octanol–water partition coefficient (Wildman–Crippen LogP) is 3.51. The van der Waals surface area contributed by atoms with Crippen LogP contribution in [-0.2, 0) is 10.0 Å². The molecule has 1 aromatic carbocycles. The third-order valence-electron chi connectivity index (χ3n) is 2.69. The Morgan fingerprint density at radius 1 is 1.19 bits per heavy atom. The summed E-state index contributed by atoms with van der Waals surface area (Å²) in [6.45, 7) is 1.65. The number of nitrogens with one attached hydrogen (secondary N) is 1. The van der Waals surface area contributed by atoms with Crippen LogP contribution in [0.2, 0.25) is 10.0 Å². The summed E-state index contributed by atoms with van der Waals surface area (Å²) in [7, 11) is -2.48. The number of nitrogens with zero attached hydrogens (tertiary/aromatic N) is 1. The van der Waals surface area contributed by atoms with E-state index in [-0.39, 0.29) is 21.5 Å². The summed E-state index contributed by atoms with van der Waals surface area (Å²) < 4.78 is 32.2. The molecule has 0 aliphatic rings. The van der Waals surface area contributed by atoms with Crippen molar-refractivity contribution in [3.05, 3.63) is 46.1 Å². The zero-order chi connectivity index (χ0) is 15.6. The van der Waals surface area contributed by atoms with E-state index in [0.717, 1.165) is 0 Å². The smallest absolute Gasteiger partial charge is 0.266 e. The van der Waals surface area contributed by atoms with E-state index >= 15 is 0 Å². The van der Waals surface area contributed by atoms with Crippen LogP contribution in [0, 0.1) is 6.92 Å². The highest BCUT2D eigenvalue weighted by molar-refractivity contribution is 7.92. The van der Waals surface area contributed by atoms with E-state index in [1.165, 1.54) is 19.2 Å². The van der Waals surface area contributed by atoms with Gasteiger partial charge < -0.3 is 4.74 Å². The van der Waals surface area contributed by atoms with E-state index in [1.807, 2.05) is 0 Å². The maximum absolute atomic E-state index is 12.4. The molecule has 1 N–H and O–H groups in total. The number of para-hydroxylation sites is 1. The summed E-state index contributed by atoms with van der Waals surface area (Å²) in [5.41, 5.74) is 0.471. The van der Waals surface area contributed by atoms with Crippen molar-refractivity contribution in [2.75, 3.05) is 11.8 Å². The largest absolute Gasteiger partial charge is 0.495 e. The molecule has 2 rings (SSSR count). The molecule has 0 bridgehead atoms. The lowest BCUT2D eigenvalue weighted by molar-refractivity contribution is 0.403. The molecule has 1 heterocycles. The molecule has 1 aromatic heterocycles. The molecule has 0 spiro atoms. The van der Waals surface area contributed by atoms with Crippen LogP contribution >= 0.6 is 23.2 Å². The van der Waals surface area contributed by atoms with Crippen LogP contribution in [0.4, 0.5) is 5.82 Å². The molecule has 0 radical (unpaired) electrons. The minimum Gasteiger partial charge on any atom is -0.495 e. The molecule has 0 fully saturated rings. The summed E-state index contributed by atoms with van der Waals surface area (Å²) in [5, 5.41) is 0.476. The number of hydrogen-bond donors (Lipinski definition) is 1. The number of benzene rings is 1. The van der Waals surface area contributed by atoms with Gasteiger partial charge in [-0.25, -0.2) is 13.4 Å². The molecule has 21 heavy (non-hydrogen) atoms. The minimum absolute atomic E-state index is 0.00188. The number of aryl methyl sites for hydroxylation is 1. The third kappa shape index (κ3) is 3.40. The topological polar surface area (TPSA) is 68.3 Å². The molecule has 8 heteroatoms. The van der Waals surface area contributed by atoms with Gasteiger partial charge in [0.15, 0.2) is 5.82 Å². The Labute approximate surface area is 132 Å². The monoisotopic (exact) mass is 346 g/mol. The SMILES string of the molecule is COc1ccccc1S(=O)(=O)Nc1nc(C)c(Cl)cc1Cl. The average molecular weight is 347 g/mol. The number of ether oxygens (including phenoxy) is 1. The predicted molar refractivity (Wildman–Crippen MR) is 82.8 cm³/mol. The van der Waals surface area contributed by atoms with Gasteiger partial charge in [0.1, 0.15) is 10.6 Å². The maximum Gasteiger partial charge on any atom is 0.266 e. The molecule has 5 nitrogen and oxygen atoms in total. The first-order chi connectivity index (χ1) is 9.85. The molecule has 0 unspecified atom stereocenters. The number of rotatable bonds is 4. The Balaban J connectivity index is 2.45. The Morgan fingerprint density at radius 2 is 1.86 bits per heavy atom. The summed E-state index contributed by atoms with van der Waals surface area (Å²) in [6.07, 6.45) is 0. The molecule has 0 aliphatic carbocycles. The fourth-order valence-corrected chi connectivity index (χ4v) is 3.31. The number of sulfonamides is 1. The zero-order valence-electron chi connectivity index (χ0n) is 11.2. The Morgan fingerprint density at radius 3 is 2.52 bits per heavy atom. The van der Waals surface area contributed by atoms with Gasteiger partial charge in [-0.05, 0) is 25.1 Å². The molecule has 0 aliphatic heterocycles. The average Bonchev–Trinajstić information content (AvgIpc) is 2.44. The summed E-state index contributed by atoms with van der Waals surface area (Å²) >= 11 is 11.8. The number of methoxy groups -OCH3 is 1. The lowest BCUT2D eigenvalue weighted by Gasteiger charge is -2.12. The van der Waals surface area contributed by atoms with Crippen LogP contribution < -0.4 is 9.46 Å². The molecule has 0 atom stereocenters. The molecular formula is C13H12Cl2N2O3S. The normalized spacial score (nSPS) is 11.2. The van der Waals surface area contributed by atoms with Crippen LogP contribution in [-0.4, -0.2) is 20.5 Å². The van der Waals surface area contributed by atoms with Crippen LogP contribution in [0.15, 0.2) is 35.2 Å². The number of halogens is 2. The van der Waals surface area contributed by atoms with E-state index < -0.39 is 10.0 Å². The summed E-state index contributed by atoms with van der Waals surface area (Å²) in [6, 6.07) is 7.69. The fourth-order valence-electron chi connectivity index (χ4n) is 1.65. The van der Waals surface area contributed by atoms with Gasteiger partial charge in [-0.15, -0.1) is 0 Å². The van der Waals surface area contributed by atoms with Gasteiger partial charge in [-0.3, -0.25) is 4.72 Å². The first kappa shape index (κ1) is 15.9. The van der Waals surface area contributed by atoms with Crippen molar-refractivity contribution >= 4 is 39.0 Å². The van der Waals surface area contributed by atoms with Crippen LogP contribution in [0.25, 0.3) is 0 Å². The Kier molecular flexibility index (Phi) is 4.61. The quantitative estimate of drug-likeness (QED) is 0.919. The highest BCUT2D eigenvalue weighted by atomic mass is 35.5. The maximum atomic E-state index is 12.4. The van der Waals surface area contributed by atoms with Gasteiger partial charge in [0.25, 0.3) is 10.0 Å². The second-order valence-corrected chi connectivity index (χ2v) is 6.61. The Bertz CT molecular complexity index is 779. The number of anilines is 1. The molecule has 0 saturated heterocycles. The molecular weight excluding hydrogens is 335 g/mol. The Hall–Kier alpha value is -1.50.